The second kappa shape index (κ2) is 4.72. The van der Waals surface area contributed by atoms with E-state index in [2.05, 4.69) is 13.5 Å². The molecule has 0 rings (SSSR count). The number of rotatable bonds is 3. The van der Waals surface area contributed by atoms with Gasteiger partial charge < -0.3 is 4.74 Å². The van der Waals surface area contributed by atoms with Gasteiger partial charge in [-0.25, -0.2) is 4.79 Å². The van der Waals surface area contributed by atoms with E-state index in [1.54, 1.807) is 19.9 Å². The summed E-state index contributed by atoms with van der Waals surface area (Å²) in [5.74, 6) is 0.194. The van der Waals surface area contributed by atoms with Crippen LogP contribution in [0.3, 0.4) is 0 Å². The minimum atomic E-state index is -0.387. The van der Waals surface area contributed by atoms with Crippen LogP contribution >= 0.6 is 0 Å². The summed E-state index contributed by atoms with van der Waals surface area (Å²) in [4.78, 5) is 10.9. The first-order valence-corrected chi connectivity index (χ1v) is 3.44. The van der Waals surface area contributed by atoms with Crippen LogP contribution in [0.15, 0.2) is 24.0 Å². The van der Waals surface area contributed by atoms with Crippen molar-refractivity contribution < 1.29 is 9.53 Å². The summed E-state index contributed by atoms with van der Waals surface area (Å²) in [7, 11) is 0. The summed E-state index contributed by atoms with van der Waals surface area (Å²) in [5, 5.41) is 0. The lowest BCUT2D eigenvalue weighted by atomic mass is 10.3. The Hall–Kier alpha value is -1.05. The molecule has 0 saturated heterocycles. The second-order valence-electron chi connectivity index (χ2n) is 2.17. The highest BCUT2D eigenvalue weighted by atomic mass is 16.5. The number of hydrogen-bond donors (Lipinski definition) is 0. The molecule has 2 nitrogen and oxygen atoms in total. The minimum Gasteiger partial charge on any atom is -0.428 e. The van der Waals surface area contributed by atoms with Crippen molar-refractivity contribution in [3.05, 3.63) is 30.9 Å². The molecule has 0 fully saturated rings. The topological polar surface area (TPSA) is 26.3 Å². The van der Waals surface area contributed by atoms with Gasteiger partial charge in [0.2, 0.25) is 0 Å². The van der Waals surface area contributed by atoms with Crippen molar-refractivity contribution in [3.8, 4) is 0 Å². The van der Waals surface area contributed by atoms with Crippen LogP contribution in [0.2, 0.25) is 0 Å². The molecule has 0 aliphatic heterocycles. The number of esters is 1. The molecule has 0 aliphatic carbocycles. The number of ether oxygens (including phenoxy) is 1. The molecule has 0 atom stereocenters. The largest absolute Gasteiger partial charge is 0.428 e. The van der Waals surface area contributed by atoms with Gasteiger partial charge in [-0.05, 0) is 26.8 Å². The van der Waals surface area contributed by atoms with Gasteiger partial charge in [0, 0.05) is 12.0 Å². The average molecular weight is 153 g/mol. The van der Waals surface area contributed by atoms with E-state index in [9.17, 15) is 4.79 Å². The van der Waals surface area contributed by atoms with Gasteiger partial charge in [0.05, 0.1) is 0 Å². The zero-order valence-electron chi connectivity index (χ0n) is 7.02. The molecule has 0 aromatic carbocycles. The molecule has 61 valence electrons. The summed E-state index contributed by atoms with van der Waals surface area (Å²) < 4.78 is 4.87. The number of hydrogen-bond acceptors (Lipinski definition) is 2. The van der Waals surface area contributed by atoms with E-state index in [1.165, 1.54) is 0 Å². The Morgan fingerprint density at radius 3 is 2.45 bits per heavy atom. The molecule has 0 aliphatic rings. The first-order valence-electron chi connectivity index (χ1n) is 3.44. The Bertz CT molecular complexity index is 190. The van der Waals surface area contributed by atoms with E-state index in [4.69, 9.17) is 4.74 Å². The Balaban J connectivity index is 4.04. The Morgan fingerprint density at radius 1 is 1.64 bits per heavy atom. The predicted molar refractivity (Wildman–Crippen MR) is 44.6 cm³/mol. The Kier molecular flexibility index (Phi) is 4.27. The van der Waals surface area contributed by atoms with E-state index < -0.39 is 0 Å². The van der Waals surface area contributed by atoms with Crippen molar-refractivity contribution in [2.75, 3.05) is 0 Å². The second-order valence-corrected chi connectivity index (χ2v) is 2.17. The van der Waals surface area contributed by atoms with E-state index in [0.717, 1.165) is 0 Å². The molecule has 1 radical (unpaired) electrons. The molecule has 0 N–H and O–H groups in total. The van der Waals surface area contributed by atoms with Crippen LogP contribution in [-0.4, -0.2) is 5.97 Å². The Morgan fingerprint density at radius 2 is 2.18 bits per heavy atom. The lowest BCUT2D eigenvalue weighted by molar-refractivity contribution is -0.135. The van der Waals surface area contributed by atoms with Crippen LogP contribution in [-0.2, 0) is 9.53 Å². The van der Waals surface area contributed by atoms with Crippen molar-refractivity contribution in [1.82, 2.24) is 0 Å². The average Bonchev–Trinajstić information content (AvgIpc) is 1.99. The first-order chi connectivity index (χ1) is 5.11. The summed E-state index contributed by atoms with van der Waals surface area (Å²) >= 11 is 0. The zero-order chi connectivity index (χ0) is 8.85. The van der Waals surface area contributed by atoms with Gasteiger partial charge in [-0.2, -0.15) is 0 Å². The zero-order valence-corrected chi connectivity index (χ0v) is 7.02. The highest BCUT2D eigenvalue weighted by Gasteiger charge is 2.04. The van der Waals surface area contributed by atoms with Crippen molar-refractivity contribution in [2.45, 2.75) is 20.3 Å². The standard InChI is InChI=1S/C9H13O2/c1-5-8(6-2)11-9(10)7(3)4/h6H,1,3,5H2,2,4H3. The van der Waals surface area contributed by atoms with Crippen molar-refractivity contribution in [1.29, 1.82) is 0 Å². The summed E-state index contributed by atoms with van der Waals surface area (Å²) in [6.07, 6.45) is 2.20. The fourth-order valence-electron chi connectivity index (χ4n) is 0.460. The third-order valence-electron chi connectivity index (χ3n) is 1.14. The van der Waals surface area contributed by atoms with Gasteiger partial charge in [-0.1, -0.05) is 6.58 Å². The van der Waals surface area contributed by atoms with E-state index in [1.807, 2.05) is 0 Å². The van der Waals surface area contributed by atoms with Gasteiger partial charge in [0.1, 0.15) is 5.76 Å². The maximum absolute atomic E-state index is 10.9. The molecule has 2 heteroatoms. The summed E-state index contributed by atoms with van der Waals surface area (Å²) in [6, 6.07) is 0. The number of allylic oxidation sites excluding steroid dienone is 2. The van der Waals surface area contributed by atoms with E-state index >= 15 is 0 Å². The maximum atomic E-state index is 10.9. The molecule has 0 unspecified atom stereocenters. The smallest absolute Gasteiger partial charge is 0.338 e. The predicted octanol–water partition coefficient (Wildman–Crippen LogP) is 2.23. The van der Waals surface area contributed by atoms with Crippen LogP contribution in [0, 0.1) is 6.92 Å². The molecule has 0 saturated carbocycles. The summed E-state index contributed by atoms with van der Waals surface area (Å²) in [6.45, 7) is 10.5. The lowest BCUT2D eigenvalue weighted by Gasteiger charge is -2.04. The van der Waals surface area contributed by atoms with Gasteiger partial charge in [0.15, 0.2) is 0 Å². The van der Waals surface area contributed by atoms with Crippen molar-refractivity contribution in [3.63, 3.8) is 0 Å². The van der Waals surface area contributed by atoms with Crippen LogP contribution in [0.25, 0.3) is 0 Å². The molecule has 0 amide bonds. The van der Waals surface area contributed by atoms with Crippen molar-refractivity contribution in [2.24, 2.45) is 0 Å². The third-order valence-corrected chi connectivity index (χ3v) is 1.14. The monoisotopic (exact) mass is 153 g/mol. The number of carbonyl (C=O) groups is 1. The SMILES string of the molecule is [CH2]CC(=CC)OC(=O)C(=C)C. The molecular formula is C9H13O2. The van der Waals surface area contributed by atoms with Gasteiger partial charge in [-0.3, -0.25) is 0 Å². The van der Waals surface area contributed by atoms with Crippen LogP contribution in [0.5, 0.6) is 0 Å². The fraction of sp³-hybridized carbons (Fsp3) is 0.333. The molecule has 0 aromatic heterocycles. The van der Waals surface area contributed by atoms with Crippen LogP contribution in [0.1, 0.15) is 20.3 Å². The lowest BCUT2D eigenvalue weighted by Crippen LogP contribution is -2.03. The van der Waals surface area contributed by atoms with E-state index in [0.29, 0.717) is 17.8 Å². The molecule has 0 aromatic rings. The van der Waals surface area contributed by atoms with Crippen LogP contribution < -0.4 is 0 Å². The van der Waals surface area contributed by atoms with Gasteiger partial charge in [0.25, 0.3) is 0 Å². The molecular weight excluding hydrogens is 140 g/mol. The maximum Gasteiger partial charge on any atom is 0.338 e. The normalized spacial score (nSPS) is 11.0. The third kappa shape index (κ3) is 3.61. The van der Waals surface area contributed by atoms with Crippen molar-refractivity contribution >= 4 is 5.97 Å². The van der Waals surface area contributed by atoms with E-state index in [-0.39, 0.29) is 5.97 Å². The minimum absolute atomic E-state index is 0.387. The molecule has 0 bridgehead atoms. The molecule has 11 heavy (non-hydrogen) atoms. The van der Waals surface area contributed by atoms with Gasteiger partial charge >= 0.3 is 5.97 Å². The Labute approximate surface area is 67.6 Å². The summed E-state index contributed by atoms with van der Waals surface area (Å²) in [5.41, 5.74) is 0.401. The highest BCUT2D eigenvalue weighted by Crippen LogP contribution is 2.05. The van der Waals surface area contributed by atoms with Gasteiger partial charge in [-0.15, -0.1) is 0 Å². The van der Waals surface area contributed by atoms with Crippen LogP contribution in [0.4, 0.5) is 0 Å². The molecule has 0 heterocycles. The number of carbonyl (C=O) groups excluding carboxylic acids is 1. The molecule has 0 spiro atoms. The highest BCUT2D eigenvalue weighted by molar-refractivity contribution is 5.87. The fourth-order valence-corrected chi connectivity index (χ4v) is 0.460. The first kappa shape index (κ1) is 9.95. The quantitative estimate of drug-likeness (QED) is 0.353.